The smallest absolute Gasteiger partial charge is 0.309 e. The molecule has 0 unspecified atom stereocenters. The molecule has 0 bridgehead atoms. The Balaban J connectivity index is 0.000000319. The lowest BCUT2D eigenvalue weighted by molar-refractivity contribution is -0.150. The van der Waals surface area contributed by atoms with Crippen LogP contribution in [0.1, 0.15) is 43.8 Å². The van der Waals surface area contributed by atoms with Crippen molar-refractivity contribution in [1.29, 1.82) is 0 Å². The number of pyridine rings is 1. The molecule has 1 aliphatic heterocycles. The van der Waals surface area contributed by atoms with Gasteiger partial charge in [-0.3, -0.25) is 14.8 Å². The molecule has 0 atom stereocenters. The summed E-state index contributed by atoms with van der Waals surface area (Å²) in [4.78, 5) is 29.4. The molecule has 192 valence electrons. The van der Waals surface area contributed by atoms with Crippen LogP contribution in [0.4, 0.5) is 0 Å². The van der Waals surface area contributed by atoms with Gasteiger partial charge in [-0.25, -0.2) is 4.98 Å². The topological polar surface area (TPSA) is 94.5 Å². The number of allylic oxidation sites excluding steroid dienone is 1. The highest BCUT2D eigenvalue weighted by molar-refractivity contribution is 6.30. The van der Waals surface area contributed by atoms with Crippen molar-refractivity contribution >= 4 is 29.4 Å². The summed E-state index contributed by atoms with van der Waals surface area (Å²) in [5, 5.41) is 9.58. The summed E-state index contributed by atoms with van der Waals surface area (Å²) in [5.74, 6) is 0.0694. The lowest BCUT2D eigenvalue weighted by Crippen LogP contribution is -2.42. The van der Waals surface area contributed by atoms with E-state index in [1.807, 2.05) is 51.1 Å². The Morgan fingerprint density at radius 3 is 2.53 bits per heavy atom. The largest absolute Gasteiger partial charge is 0.481 e. The number of rotatable bonds is 6. The summed E-state index contributed by atoms with van der Waals surface area (Å²) in [6.45, 7) is 18.2. The third-order valence-corrected chi connectivity index (χ3v) is 6.30. The average molecular weight is 510 g/mol. The highest BCUT2D eigenvalue weighted by Gasteiger charge is 2.36. The number of aromatic amines is 1. The molecule has 36 heavy (non-hydrogen) atoms. The van der Waals surface area contributed by atoms with Crippen LogP contribution in [0.3, 0.4) is 0 Å². The third kappa shape index (κ3) is 8.73. The minimum atomic E-state index is -0.641. The van der Waals surface area contributed by atoms with Gasteiger partial charge in [0.05, 0.1) is 11.1 Å². The Bertz CT molecular complexity index is 1140. The number of nitrogens with one attached hydrogen (secondary N) is 1. The number of nitrogens with zero attached hydrogens (tertiary/aromatic N) is 4. The minimum absolute atomic E-state index is 0.467. The molecule has 2 N–H and O–H groups in total. The Morgan fingerprint density at radius 2 is 1.97 bits per heavy atom. The van der Waals surface area contributed by atoms with Crippen LogP contribution in [0.2, 0.25) is 5.02 Å². The van der Waals surface area contributed by atoms with E-state index in [-0.39, 0.29) is 0 Å². The number of aryl methyl sites for hydroxylation is 2. The van der Waals surface area contributed by atoms with Crippen molar-refractivity contribution in [2.24, 2.45) is 10.4 Å². The summed E-state index contributed by atoms with van der Waals surface area (Å²) in [7, 11) is 0. The van der Waals surface area contributed by atoms with Crippen LogP contribution >= 0.6 is 11.6 Å². The number of aliphatic carboxylic acids is 1. The van der Waals surface area contributed by atoms with Gasteiger partial charge in [-0.1, -0.05) is 31.7 Å². The molecule has 7 nitrogen and oxygen atoms in total. The Hall–Kier alpha value is -3.29. The number of hydrogen-bond acceptors (Lipinski definition) is 5. The average Bonchev–Trinajstić information content (AvgIpc) is 2.92. The lowest BCUT2D eigenvalue weighted by atomic mass is 9.80. The van der Waals surface area contributed by atoms with Crippen molar-refractivity contribution in [2.45, 2.75) is 40.5 Å². The number of carbonyl (C=O) groups is 1. The van der Waals surface area contributed by atoms with Gasteiger partial charge in [0.25, 0.3) is 0 Å². The van der Waals surface area contributed by atoms with Crippen molar-refractivity contribution < 1.29 is 9.90 Å². The number of carboxylic acids is 1. The first kappa shape index (κ1) is 28.9. The number of piperidine rings is 1. The second-order valence-electron chi connectivity index (χ2n) is 8.99. The van der Waals surface area contributed by atoms with E-state index in [9.17, 15) is 4.79 Å². The molecule has 1 fully saturated rings. The summed E-state index contributed by atoms with van der Waals surface area (Å²) in [6, 6.07) is 9.36. The minimum Gasteiger partial charge on any atom is -0.481 e. The fourth-order valence-electron chi connectivity index (χ4n) is 3.57. The van der Waals surface area contributed by atoms with Crippen LogP contribution in [0.5, 0.6) is 0 Å². The van der Waals surface area contributed by atoms with E-state index in [1.54, 1.807) is 12.4 Å². The molecule has 0 radical (unpaired) electrons. The molecule has 3 rings (SSSR count). The molecule has 0 saturated carbocycles. The van der Waals surface area contributed by atoms with Gasteiger partial charge in [0.1, 0.15) is 5.82 Å². The highest BCUT2D eigenvalue weighted by atomic mass is 35.5. The first-order chi connectivity index (χ1) is 17.1. The Kier molecular flexibility index (Phi) is 11.0. The maximum atomic E-state index is 10.9. The monoisotopic (exact) mass is 509 g/mol. The molecule has 3 heterocycles. The Labute approximate surface area is 219 Å². The van der Waals surface area contributed by atoms with Gasteiger partial charge in [0.15, 0.2) is 0 Å². The molecule has 0 aromatic carbocycles. The van der Waals surface area contributed by atoms with Gasteiger partial charge in [-0.2, -0.15) is 0 Å². The molecule has 1 saturated heterocycles. The van der Waals surface area contributed by atoms with E-state index in [0.717, 1.165) is 55.1 Å². The van der Waals surface area contributed by atoms with Crippen LogP contribution in [-0.2, 0) is 4.79 Å². The molecule has 2 aromatic rings. The van der Waals surface area contributed by atoms with Crippen LogP contribution in [-0.4, -0.2) is 56.8 Å². The first-order valence-corrected chi connectivity index (χ1v) is 12.3. The van der Waals surface area contributed by atoms with E-state index in [0.29, 0.717) is 16.4 Å². The summed E-state index contributed by atoms with van der Waals surface area (Å²) in [5.41, 5.74) is 3.60. The quantitative estimate of drug-likeness (QED) is 0.446. The maximum absolute atomic E-state index is 10.9. The van der Waals surface area contributed by atoms with Crippen molar-refractivity contribution in [3.63, 3.8) is 0 Å². The zero-order valence-corrected chi connectivity index (χ0v) is 22.3. The number of halogens is 1. The molecule has 0 aliphatic carbocycles. The summed E-state index contributed by atoms with van der Waals surface area (Å²) >= 11 is 6.13. The molecule has 1 aliphatic rings. The predicted octanol–water partition coefficient (Wildman–Crippen LogP) is 6.29. The number of H-pyrrole nitrogens is 1. The standard InChI is InChI=1S/C19H19ClN4.C9H17NO2/c1-5-21-11-13(2)18-9-7-16(12-22-18)19-23-14(3)6-8-17(20)10-15(4)24-19;1-3-10-6-4-9(2,5-7-10)8(11)12/h5-12H,1-2H2,3-4H3,(H,23,24);3-7H2,1-2H3,(H,11,12). The number of aliphatic imine (C=N–C) groups is 1. The Morgan fingerprint density at radius 1 is 1.28 bits per heavy atom. The van der Waals surface area contributed by atoms with Gasteiger partial charge < -0.3 is 15.0 Å². The normalized spacial score (nSPS) is 14.9. The van der Waals surface area contributed by atoms with E-state index >= 15 is 0 Å². The maximum Gasteiger partial charge on any atom is 0.309 e. The number of aromatic nitrogens is 3. The van der Waals surface area contributed by atoms with Crippen LogP contribution < -0.4 is 0 Å². The number of likely N-dealkylation sites (tertiary alicyclic amines) is 1. The summed E-state index contributed by atoms with van der Waals surface area (Å²) in [6.07, 6.45) is 6.41. The molecule has 2 aromatic heterocycles. The highest BCUT2D eigenvalue weighted by Crippen LogP contribution is 2.30. The molecular formula is C28H36ClN5O2. The second-order valence-corrected chi connectivity index (χ2v) is 9.43. The van der Waals surface area contributed by atoms with Gasteiger partial charge in [-0.05, 0) is 83.6 Å². The van der Waals surface area contributed by atoms with Gasteiger partial charge in [0, 0.05) is 46.2 Å². The van der Waals surface area contributed by atoms with E-state index in [4.69, 9.17) is 16.7 Å². The zero-order chi connectivity index (χ0) is 26.7. The van der Waals surface area contributed by atoms with E-state index in [1.165, 1.54) is 6.20 Å². The van der Waals surface area contributed by atoms with E-state index < -0.39 is 11.4 Å². The predicted molar refractivity (Wildman–Crippen MR) is 149 cm³/mol. The lowest BCUT2D eigenvalue weighted by Gasteiger charge is -2.35. The zero-order valence-electron chi connectivity index (χ0n) is 21.6. The number of carboxylic acid groups (broad SMARTS) is 1. The van der Waals surface area contributed by atoms with Crippen molar-refractivity contribution in [1.82, 2.24) is 19.9 Å². The van der Waals surface area contributed by atoms with Crippen LogP contribution in [0, 0.1) is 19.3 Å². The fourth-order valence-corrected chi connectivity index (χ4v) is 3.79. The molecule has 0 amide bonds. The van der Waals surface area contributed by atoms with Crippen molar-refractivity contribution in [3.8, 4) is 11.4 Å². The van der Waals surface area contributed by atoms with Gasteiger partial charge in [0.2, 0.25) is 0 Å². The van der Waals surface area contributed by atoms with Crippen molar-refractivity contribution in [3.05, 3.63) is 78.0 Å². The number of hydrogen-bond donors (Lipinski definition) is 2. The SMILES string of the molecule is C=CN=CC(=C)c1ccc(-c2nc(C)ccc(Cl)cc(C)[nH]2)cn1.CCN1CCC(C)(C(=O)O)CC1. The third-order valence-electron chi connectivity index (χ3n) is 6.07. The molecular weight excluding hydrogens is 474 g/mol. The van der Waals surface area contributed by atoms with Crippen LogP contribution in [0.15, 0.2) is 60.9 Å². The first-order valence-electron chi connectivity index (χ1n) is 11.9. The molecule has 8 heteroatoms. The van der Waals surface area contributed by atoms with Crippen molar-refractivity contribution in [2.75, 3.05) is 19.6 Å². The molecule has 0 spiro atoms. The summed E-state index contributed by atoms with van der Waals surface area (Å²) < 4.78 is 0. The van der Waals surface area contributed by atoms with Gasteiger partial charge >= 0.3 is 5.97 Å². The van der Waals surface area contributed by atoms with Gasteiger partial charge in [-0.15, -0.1) is 0 Å². The second kappa shape index (κ2) is 13.7. The fraction of sp³-hybridized carbons (Fsp3) is 0.357. The van der Waals surface area contributed by atoms with E-state index in [2.05, 4.69) is 44.9 Å². The van der Waals surface area contributed by atoms with Crippen LogP contribution in [0.25, 0.3) is 17.0 Å².